The van der Waals surface area contributed by atoms with Gasteiger partial charge >= 0.3 is 6.03 Å². The van der Waals surface area contributed by atoms with E-state index in [1.807, 2.05) is 36.4 Å². The minimum absolute atomic E-state index is 0.152. The van der Waals surface area contributed by atoms with Gasteiger partial charge in [-0.2, -0.15) is 0 Å². The second-order valence-corrected chi connectivity index (χ2v) is 9.24. The van der Waals surface area contributed by atoms with Crippen molar-refractivity contribution < 1.29 is 28.3 Å². The first-order valence-corrected chi connectivity index (χ1v) is 11.8. The number of fused-ring (bicyclic) bond motifs is 2. The third-order valence-corrected chi connectivity index (χ3v) is 7.01. The number of furan rings is 1. The van der Waals surface area contributed by atoms with Crippen molar-refractivity contribution in [2.45, 2.75) is 31.3 Å². The van der Waals surface area contributed by atoms with Crippen LogP contribution in [0.2, 0.25) is 0 Å². The molecule has 2 atom stereocenters. The smallest absolute Gasteiger partial charge is 0.325 e. The van der Waals surface area contributed by atoms with Gasteiger partial charge in [-0.25, -0.2) is 4.79 Å². The van der Waals surface area contributed by atoms with Crippen molar-refractivity contribution in [1.29, 1.82) is 0 Å². The minimum Gasteiger partial charge on any atom is -0.486 e. The van der Waals surface area contributed by atoms with Crippen molar-refractivity contribution in [3.63, 3.8) is 0 Å². The van der Waals surface area contributed by atoms with Gasteiger partial charge in [0.25, 0.3) is 5.91 Å². The van der Waals surface area contributed by atoms with Gasteiger partial charge in [0.2, 0.25) is 5.91 Å². The molecule has 0 bridgehead atoms. The molecule has 4 amide bonds. The van der Waals surface area contributed by atoms with Gasteiger partial charge in [0.05, 0.1) is 6.04 Å². The van der Waals surface area contributed by atoms with Crippen LogP contribution in [0.3, 0.4) is 0 Å². The first-order chi connectivity index (χ1) is 16.9. The molecule has 2 aromatic carbocycles. The van der Waals surface area contributed by atoms with Crippen LogP contribution in [0.25, 0.3) is 11.0 Å². The standard InChI is InChI=1S/C26H25N3O6/c1-26(22-14-17-5-2-3-7-19(17)35-22)24(31)29(25(32)27-26)15-23(30)28-10-4-6-18(28)16-8-9-20-21(13-16)34-12-11-33-20/h2-3,5,7-9,13-14,18H,4,6,10-12,15H2,1H3,(H,27,32)/t18-,26+/m0/s1. The number of nitrogens with zero attached hydrogens (tertiary/aromatic N) is 2. The highest BCUT2D eigenvalue weighted by molar-refractivity contribution is 6.09. The molecule has 0 unspecified atom stereocenters. The highest BCUT2D eigenvalue weighted by atomic mass is 16.6. The maximum absolute atomic E-state index is 13.4. The molecule has 3 aromatic rings. The van der Waals surface area contributed by atoms with Crippen LogP contribution in [-0.4, -0.2) is 53.9 Å². The number of para-hydroxylation sites is 1. The van der Waals surface area contributed by atoms with Crippen LogP contribution in [0.15, 0.2) is 52.9 Å². The van der Waals surface area contributed by atoms with Crippen molar-refractivity contribution in [1.82, 2.24) is 15.1 Å². The van der Waals surface area contributed by atoms with E-state index in [9.17, 15) is 14.4 Å². The SMILES string of the molecule is C[C@]1(c2cc3ccccc3o2)NC(=O)N(CC(=O)N2CCC[C@H]2c2ccc3c(c2)OCCO3)C1=O. The molecule has 2 saturated heterocycles. The zero-order chi connectivity index (χ0) is 24.2. The summed E-state index contributed by atoms with van der Waals surface area (Å²) in [5.74, 6) is 0.913. The quantitative estimate of drug-likeness (QED) is 0.581. The minimum atomic E-state index is -1.38. The molecule has 3 aliphatic rings. The molecule has 4 heterocycles. The Kier molecular flexibility index (Phi) is 4.94. The van der Waals surface area contributed by atoms with Gasteiger partial charge in [-0.15, -0.1) is 0 Å². The number of ether oxygens (including phenoxy) is 2. The predicted molar refractivity (Wildman–Crippen MR) is 125 cm³/mol. The second-order valence-electron chi connectivity index (χ2n) is 9.24. The van der Waals surface area contributed by atoms with E-state index in [1.165, 1.54) is 0 Å². The number of imide groups is 1. The van der Waals surface area contributed by atoms with Crippen molar-refractivity contribution in [3.05, 3.63) is 59.9 Å². The summed E-state index contributed by atoms with van der Waals surface area (Å²) in [5, 5.41) is 3.56. The molecule has 0 radical (unpaired) electrons. The number of rotatable bonds is 4. The van der Waals surface area contributed by atoms with Crippen molar-refractivity contribution >= 4 is 28.8 Å². The van der Waals surface area contributed by atoms with E-state index in [0.717, 1.165) is 28.7 Å². The molecule has 0 saturated carbocycles. The Hall–Kier alpha value is -4.01. The van der Waals surface area contributed by atoms with Gasteiger partial charge < -0.3 is 24.1 Å². The summed E-state index contributed by atoms with van der Waals surface area (Å²) >= 11 is 0. The van der Waals surface area contributed by atoms with Gasteiger partial charge in [0.1, 0.15) is 31.1 Å². The molecule has 3 aliphatic heterocycles. The summed E-state index contributed by atoms with van der Waals surface area (Å²) in [6.45, 7) is 2.83. The Morgan fingerprint density at radius 3 is 2.71 bits per heavy atom. The third-order valence-electron chi connectivity index (χ3n) is 7.01. The number of urea groups is 1. The monoisotopic (exact) mass is 475 g/mol. The molecular weight excluding hydrogens is 450 g/mol. The van der Waals surface area contributed by atoms with E-state index in [4.69, 9.17) is 13.9 Å². The Morgan fingerprint density at radius 2 is 1.89 bits per heavy atom. The van der Waals surface area contributed by atoms with E-state index in [1.54, 1.807) is 24.0 Å². The van der Waals surface area contributed by atoms with E-state index in [0.29, 0.717) is 42.6 Å². The summed E-state index contributed by atoms with van der Waals surface area (Å²) in [6, 6.07) is 14.1. The predicted octanol–water partition coefficient (Wildman–Crippen LogP) is 3.33. The first-order valence-electron chi connectivity index (χ1n) is 11.8. The Morgan fingerprint density at radius 1 is 1.09 bits per heavy atom. The summed E-state index contributed by atoms with van der Waals surface area (Å²) in [4.78, 5) is 42.2. The number of carbonyl (C=O) groups excluding carboxylic acids is 3. The summed E-state index contributed by atoms with van der Waals surface area (Å²) in [7, 11) is 0. The number of hydrogen-bond donors (Lipinski definition) is 1. The average Bonchev–Trinajstić information content (AvgIpc) is 3.58. The fraction of sp³-hybridized carbons (Fsp3) is 0.346. The van der Waals surface area contributed by atoms with Crippen LogP contribution in [-0.2, 0) is 15.1 Å². The van der Waals surface area contributed by atoms with Crippen LogP contribution in [0.4, 0.5) is 4.79 Å². The van der Waals surface area contributed by atoms with E-state index in [-0.39, 0.29) is 18.5 Å². The van der Waals surface area contributed by atoms with Crippen LogP contribution in [0.1, 0.15) is 37.1 Å². The highest BCUT2D eigenvalue weighted by Crippen LogP contribution is 2.39. The van der Waals surface area contributed by atoms with Crippen molar-refractivity contribution in [2.24, 2.45) is 0 Å². The Bertz CT molecular complexity index is 1320. The molecule has 2 fully saturated rings. The van der Waals surface area contributed by atoms with Crippen molar-refractivity contribution in [2.75, 3.05) is 26.3 Å². The van der Waals surface area contributed by atoms with Crippen molar-refractivity contribution in [3.8, 4) is 11.5 Å². The molecule has 1 aromatic heterocycles. The largest absolute Gasteiger partial charge is 0.486 e. The number of carbonyl (C=O) groups is 3. The third kappa shape index (κ3) is 3.50. The zero-order valence-corrected chi connectivity index (χ0v) is 19.3. The number of benzene rings is 2. The number of hydrogen-bond acceptors (Lipinski definition) is 6. The molecule has 1 N–H and O–H groups in total. The van der Waals surface area contributed by atoms with Crippen LogP contribution in [0.5, 0.6) is 11.5 Å². The molecule has 0 spiro atoms. The van der Waals surface area contributed by atoms with E-state index >= 15 is 0 Å². The highest BCUT2D eigenvalue weighted by Gasteiger charge is 2.52. The molecular formula is C26H25N3O6. The number of nitrogens with one attached hydrogen (secondary N) is 1. The maximum Gasteiger partial charge on any atom is 0.325 e. The van der Waals surface area contributed by atoms with Crippen LogP contribution >= 0.6 is 0 Å². The Balaban J connectivity index is 1.21. The fourth-order valence-corrected chi connectivity index (χ4v) is 5.14. The number of amides is 4. The topological polar surface area (TPSA) is 101 Å². The van der Waals surface area contributed by atoms with Gasteiger partial charge in [0.15, 0.2) is 17.0 Å². The summed E-state index contributed by atoms with van der Waals surface area (Å²) in [5.41, 5.74) is 0.195. The lowest BCUT2D eigenvalue weighted by atomic mass is 9.99. The first kappa shape index (κ1) is 21.5. The van der Waals surface area contributed by atoms with Gasteiger partial charge in [-0.1, -0.05) is 24.3 Å². The Labute approximate surface area is 201 Å². The summed E-state index contributed by atoms with van der Waals surface area (Å²) in [6.07, 6.45) is 1.63. The average molecular weight is 476 g/mol. The van der Waals surface area contributed by atoms with Gasteiger partial charge in [-0.05, 0) is 49.6 Å². The van der Waals surface area contributed by atoms with E-state index in [2.05, 4.69) is 5.32 Å². The lowest BCUT2D eigenvalue weighted by Crippen LogP contribution is -2.44. The molecule has 9 heteroatoms. The molecule has 6 rings (SSSR count). The molecule has 35 heavy (non-hydrogen) atoms. The lowest BCUT2D eigenvalue weighted by Gasteiger charge is -2.28. The molecule has 180 valence electrons. The summed E-state index contributed by atoms with van der Waals surface area (Å²) < 4.78 is 17.2. The van der Waals surface area contributed by atoms with Gasteiger partial charge in [0, 0.05) is 11.9 Å². The maximum atomic E-state index is 13.4. The molecule has 9 nitrogen and oxygen atoms in total. The van der Waals surface area contributed by atoms with Gasteiger partial charge in [-0.3, -0.25) is 14.5 Å². The number of likely N-dealkylation sites (tertiary alicyclic amines) is 1. The fourth-order valence-electron chi connectivity index (χ4n) is 5.14. The zero-order valence-electron chi connectivity index (χ0n) is 19.3. The van der Waals surface area contributed by atoms with Crippen LogP contribution < -0.4 is 14.8 Å². The lowest BCUT2D eigenvalue weighted by molar-refractivity contribution is -0.139. The van der Waals surface area contributed by atoms with E-state index < -0.39 is 17.5 Å². The normalized spacial score (nSPS) is 23.7. The second kappa shape index (κ2) is 8.04. The van der Waals surface area contributed by atoms with Crippen LogP contribution in [0, 0.1) is 0 Å². The molecule has 0 aliphatic carbocycles.